The Kier molecular flexibility index (Phi) is 14.6. The molecule has 0 heterocycles. The van der Waals surface area contributed by atoms with Gasteiger partial charge >= 0.3 is 0 Å². The number of hydrogen-bond acceptors (Lipinski definition) is 0. The fourth-order valence-corrected chi connectivity index (χ4v) is 18.7. The van der Waals surface area contributed by atoms with Gasteiger partial charge in [0.15, 0.2) is 0 Å². The molecule has 0 aromatic rings. The monoisotopic (exact) mass is 598 g/mol. The Morgan fingerprint density at radius 3 is 0.905 bits per heavy atom. The maximum Gasteiger partial charge on any atom is 0.146 e. The van der Waals surface area contributed by atoms with E-state index in [0.717, 1.165) is 36.8 Å². The molecule has 2 aliphatic rings. The molecule has 0 nitrogen and oxygen atoms in total. The second-order valence-electron chi connectivity index (χ2n) is 14.9. The van der Waals surface area contributed by atoms with Gasteiger partial charge in [-0.3, -0.25) is 0 Å². The van der Waals surface area contributed by atoms with Crippen LogP contribution in [0.2, 0.25) is 33.2 Å². The summed E-state index contributed by atoms with van der Waals surface area (Å²) in [6, 6.07) is 0. The maximum absolute atomic E-state index is 3.95. The van der Waals surface area contributed by atoms with Crippen molar-refractivity contribution in [1.82, 2.24) is 0 Å². The summed E-state index contributed by atoms with van der Waals surface area (Å²) in [4.78, 5) is 0. The molecule has 42 heavy (non-hydrogen) atoms. The molecular formula is C40H62Si2. The van der Waals surface area contributed by atoms with Gasteiger partial charge in [0.05, 0.1) is 11.1 Å². The van der Waals surface area contributed by atoms with Crippen molar-refractivity contribution < 1.29 is 0 Å². The topological polar surface area (TPSA) is 0 Å². The van der Waals surface area contributed by atoms with Crippen LogP contribution in [0.4, 0.5) is 0 Å². The third-order valence-electron chi connectivity index (χ3n) is 10.6. The predicted octanol–water partition coefficient (Wildman–Crippen LogP) is 12.0. The van der Waals surface area contributed by atoms with Crippen molar-refractivity contribution in [2.24, 2.45) is 0 Å². The van der Waals surface area contributed by atoms with Gasteiger partial charge in [0.25, 0.3) is 0 Å². The first-order valence-corrected chi connectivity index (χ1v) is 21.8. The molecule has 0 radical (unpaired) electrons. The van der Waals surface area contributed by atoms with Crippen molar-refractivity contribution in [3.63, 3.8) is 0 Å². The Morgan fingerprint density at radius 2 is 0.667 bits per heavy atom. The van der Waals surface area contributed by atoms with Crippen LogP contribution in [0.5, 0.6) is 0 Å². The van der Waals surface area contributed by atoms with Gasteiger partial charge in [-0.25, -0.2) is 0 Å². The quantitative estimate of drug-likeness (QED) is 0.211. The molecular weight excluding hydrogens is 537 g/mol. The van der Waals surface area contributed by atoms with Crippen molar-refractivity contribution in [2.45, 2.75) is 181 Å². The third kappa shape index (κ3) is 8.85. The molecule has 0 aromatic heterocycles. The van der Waals surface area contributed by atoms with E-state index in [1.807, 2.05) is 0 Å². The fourth-order valence-electron chi connectivity index (χ4n) is 8.27. The first-order valence-electron chi connectivity index (χ1n) is 17.3. The summed E-state index contributed by atoms with van der Waals surface area (Å²) in [5.74, 6) is 21.1. The van der Waals surface area contributed by atoms with Crippen molar-refractivity contribution in [2.75, 3.05) is 0 Å². The molecule has 2 rings (SSSR count). The molecule has 0 N–H and O–H groups in total. The van der Waals surface area contributed by atoms with E-state index >= 15 is 0 Å². The van der Waals surface area contributed by atoms with Gasteiger partial charge in [0, 0.05) is 0 Å². The maximum atomic E-state index is 3.95. The molecule has 0 bridgehead atoms. The van der Waals surface area contributed by atoms with E-state index in [-0.39, 0.29) is 0 Å². The first-order chi connectivity index (χ1) is 19.8. The third-order valence-corrected chi connectivity index (χ3v) is 23.2. The standard InChI is InChI=1S/C40H62Si2/c1-31(2)41(32(3)4,33(5)6)29-27-39(37-21-15-13-16-22-37)25-19-20-26-40(38-23-17-14-18-24-38)28-30-42(34(7)8,35(9)10)36(11)12/h31-36H,13-18,21-24H2,1-12H3. The average Bonchev–Trinajstić information content (AvgIpc) is 2.93. The largest absolute Gasteiger partial charge is 0.146 e. The van der Waals surface area contributed by atoms with Crippen LogP contribution in [0.3, 0.4) is 0 Å². The van der Waals surface area contributed by atoms with Crippen LogP contribution in [0.25, 0.3) is 0 Å². The Morgan fingerprint density at radius 1 is 0.405 bits per heavy atom. The van der Waals surface area contributed by atoms with Crippen LogP contribution in [0.1, 0.15) is 147 Å². The van der Waals surface area contributed by atoms with Gasteiger partial charge in [0.1, 0.15) is 16.1 Å². The predicted molar refractivity (Wildman–Crippen MR) is 193 cm³/mol. The number of rotatable bonds is 6. The molecule has 0 unspecified atom stereocenters. The molecule has 0 atom stereocenters. The van der Waals surface area contributed by atoms with Crippen molar-refractivity contribution in [1.29, 1.82) is 0 Å². The van der Waals surface area contributed by atoms with Gasteiger partial charge in [-0.05, 0) is 119 Å². The van der Waals surface area contributed by atoms with E-state index in [1.54, 1.807) is 0 Å². The highest BCUT2D eigenvalue weighted by molar-refractivity contribution is 6.91. The van der Waals surface area contributed by atoms with E-state index in [2.05, 4.69) is 130 Å². The molecule has 2 aliphatic carbocycles. The van der Waals surface area contributed by atoms with Crippen molar-refractivity contribution in [3.8, 4) is 46.6 Å². The van der Waals surface area contributed by atoms with Crippen LogP contribution < -0.4 is 0 Å². The smallest absolute Gasteiger partial charge is 0.124 e. The summed E-state index contributed by atoms with van der Waals surface area (Å²) in [6.45, 7) is 28.7. The minimum absolute atomic E-state index is 0.622. The van der Waals surface area contributed by atoms with E-state index in [1.165, 1.54) is 49.7 Å². The summed E-state index contributed by atoms with van der Waals surface area (Å²) in [7, 11) is -3.64. The van der Waals surface area contributed by atoms with Gasteiger partial charge in [-0.1, -0.05) is 108 Å². The van der Waals surface area contributed by atoms with Crippen LogP contribution >= 0.6 is 0 Å². The van der Waals surface area contributed by atoms with Gasteiger partial charge in [-0.2, -0.15) is 0 Å². The summed E-state index contributed by atoms with van der Waals surface area (Å²) in [6.07, 6.45) is 12.2. The molecule has 0 aliphatic heterocycles. The zero-order valence-electron chi connectivity index (χ0n) is 29.5. The van der Waals surface area contributed by atoms with Crippen LogP contribution in [0.15, 0.2) is 22.3 Å². The molecule has 0 aromatic carbocycles. The normalized spacial score (nSPS) is 16.0. The lowest BCUT2D eigenvalue weighted by atomic mass is 9.91. The molecule has 2 fully saturated rings. The average molecular weight is 599 g/mol. The van der Waals surface area contributed by atoms with E-state index in [4.69, 9.17) is 0 Å². The minimum Gasteiger partial charge on any atom is -0.124 e. The summed E-state index contributed by atoms with van der Waals surface area (Å²) in [5.41, 5.74) is 16.7. The van der Waals surface area contributed by atoms with Crippen molar-refractivity contribution >= 4 is 16.1 Å². The summed E-state index contributed by atoms with van der Waals surface area (Å²) >= 11 is 0. The number of allylic oxidation sites excluding steroid dienone is 4. The highest BCUT2D eigenvalue weighted by atomic mass is 28.3. The lowest BCUT2D eigenvalue weighted by molar-refractivity contribution is 0.597. The van der Waals surface area contributed by atoms with Crippen LogP contribution in [-0.4, -0.2) is 16.1 Å². The zero-order valence-corrected chi connectivity index (χ0v) is 31.5. The summed E-state index contributed by atoms with van der Waals surface area (Å²) in [5, 5.41) is 0. The summed E-state index contributed by atoms with van der Waals surface area (Å²) < 4.78 is 0. The molecule has 2 heteroatoms. The lowest BCUT2D eigenvalue weighted by Crippen LogP contribution is -2.43. The SMILES string of the molecule is CC(C)[Si](C#CC(C#CC#CC(C#C[Si](C(C)C)(C(C)C)C(C)C)=C1CCCCC1)=C1CCCCC1)(C(C)C)C(C)C. The highest BCUT2D eigenvalue weighted by Gasteiger charge is 2.42. The zero-order chi connectivity index (χ0) is 31.5. The molecule has 0 saturated heterocycles. The van der Waals surface area contributed by atoms with E-state index in [9.17, 15) is 0 Å². The minimum atomic E-state index is -1.82. The molecule has 230 valence electrons. The Labute approximate surface area is 264 Å². The van der Waals surface area contributed by atoms with Crippen LogP contribution in [0, 0.1) is 46.6 Å². The second kappa shape index (κ2) is 16.9. The van der Waals surface area contributed by atoms with E-state index in [0.29, 0.717) is 33.2 Å². The van der Waals surface area contributed by atoms with Crippen molar-refractivity contribution in [3.05, 3.63) is 22.3 Å². The fraction of sp³-hybridized carbons (Fsp3) is 0.700. The van der Waals surface area contributed by atoms with Gasteiger partial charge in [0.2, 0.25) is 0 Å². The Bertz CT molecular complexity index is 1060. The van der Waals surface area contributed by atoms with Gasteiger partial charge < -0.3 is 0 Å². The highest BCUT2D eigenvalue weighted by Crippen LogP contribution is 2.42. The van der Waals surface area contributed by atoms with Crippen LogP contribution in [-0.2, 0) is 0 Å². The molecule has 0 amide bonds. The second-order valence-corrected chi connectivity index (χ2v) is 26.0. The Balaban J connectivity index is 2.62. The first kappa shape index (κ1) is 36.3. The Hall–Kier alpha value is -1.85. The van der Waals surface area contributed by atoms with E-state index < -0.39 is 16.1 Å². The molecule has 0 spiro atoms. The van der Waals surface area contributed by atoms with Gasteiger partial charge in [-0.15, -0.1) is 11.1 Å². The number of hydrogen-bond donors (Lipinski definition) is 0. The lowest BCUT2D eigenvalue weighted by Gasteiger charge is -2.38. The molecule has 2 saturated carbocycles.